The number of aromatic nitrogens is 2. The summed E-state index contributed by atoms with van der Waals surface area (Å²) in [5.41, 5.74) is 15.6. The topological polar surface area (TPSA) is 114 Å². The third-order valence-corrected chi connectivity index (χ3v) is 14.0. The molecular weight excluding hydrogens is 905 g/mol. The van der Waals surface area contributed by atoms with E-state index in [0.717, 1.165) is 99.2 Å². The van der Waals surface area contributed by atoms with Gasteiger partial charge in [-0.05, 0) is 116 Å². The number of benzene rings is 10. The number of nitrogens with zero attached hydrogens (tertiary/aromatic N) is 8. The SMILES string of the molecule is [C-]#[N+]c1ccccc1-c1ccc2c3ccc(-c4ccccc4[N+]#[C-])cc3n(-c3cc(-c4ccc(C#N)c(-n5c6cc(-c7ccccc7C#N)ccc6c6ccc(-c7ccccc7C#N)cc65)c4)ccc3C#N)c2c1. The molecular formula is C66H34N8. The molecule has 10 aromatic carbocycles. The molecule has 0 radical (unpaired) electrons. The summed E-state index contributed by atoms with van der Waals surface area (Å²) in [6.07, 6.45) is 0. The molecule has 0 amide bonds. The molecule has 0 aliphatic rings. The van der Waals surface area contributed by atoms with Crippen molar-refractivity contribution in [3.63, 3.8) is 0 Å². The van der Waals surface area contributed by atoms with Gasteiger partial charge in [0.2, 0.25) is 0 Å². The molecule has 74 heavy (non-hydrogen) atoms. The minimum atomic E-state index is 0.425. The van der Waals surface area contributed by atoms with E-state index in [2.05, 4.69) is 91.6 Å². The van der Waals surface area contributed by atoms with Gasteiger partial charge in [0.15, 0.2) is 11.4 Å². The smallest absolute Gasteiger partial charge is 0.194 e. The van der Waals surface area contributed by atoms with Gasteiger partial charge in [-0.2, -0.15) is 21.0 Å². The van der Waals surface area contributed by atoms with Crippen molar-refractivity contribution in [2.75, 3.05) is 0 Å². The molecule has 0 bridgehead atoms. The Bertz CT molecular complexity index is 4110. The Morgan fingerprint density at radius 3 is 0.932 bits per heavy atom. The monoisotopic (exact) mass is 938 g/mol. The zero-order valence-electron chi connectivity index (χ0n) is 39.2. The van der Waals surface area contributed by atoms with Crippen LogP contribution in [0.1, 0.15) is 22.3 Å². The van der Waals surface area contributed by atoms with E-state index in [0.29, 0.717) is 45.0 Å². The first-order chi connectivity index (χ1) is 36.4. The van der Waals surface area contributed by atoms with Crippen LogP contribution in [-0.4, -0.2) is 9.13 Å². The van der Waals surface area contributed by atoms with Gasteiger partial charge in [0.25, 0.3) is 0 Å². The minimum Gasteiger partial charge on any atom is -0.308 e. The molecule has 0 spiro atoms. The Balaban J connectivity index is 1.11. The van der Waals surface area contributed by atoms with Crippen molar-refractivity contribution >= 4 is 55.0 Å². The van der Waals surface area contributed by atoms with Crippen LogP contribution in [0.25, 0.3) is 120 Å². The van der Waals surface area contributed by atoms with Crippen LogP contribution in [0, 0.1) is 58.5 Å². The van der Waals surface area contributed by atoms with Crippen LogP contribution >= 0.6 is 0 Å². The summed E-state index contributed by atoms with van der Waals surface area (Å²) in [6, 6.07) is 75.9. The van der Waals surface area contributed by atoms with Crippen LogP contribution in [0.2, 0.25) is 0 Å². The Hall–Kier alpha value is -11.3. The summed E-state index contributed by atoms with van der Waals surface area (Å²) in [7, 11) is 0. The lowest BCUT2D eigenvalue weighted by Crippen LogP contribution is -2.00. The minimum absolute atomic E-state index is 0.425. The molecule has 0 saturated carbocycles. The quantitative estimate of drug-likeness (QED) is 0.148. The van der Waals surface area contributed by atoms with Gasteiger partial charge in [-0.3, -0.25) is 0 Å². The third kappa shape index (κ3) is 7.10. The highest BCUT2D eigenvalue weighted by atomic mass is 15.0. The standard InChI is InChI=1S/C66H34N8/c1-71-59-17-9-7-15-53(59)45-25-29-57-58-30-26-46(54-16-8-10-18-60(54)72-2)36-66(58)74(65(57)35-45)62-32-42(20-22-50(62)40-70)41-19-21-49(39-69)61(31-41)73-63-33-43(51-13-5-3-11-47(51)37-67)23-27-55(63)56-28-24-44(34-64(56)73)52-14-6-4-12-48(52)38-68/h3-36H. The molecule has 0 fully saturated rings. The summed E-state index contributed by atoms with van der Waals surface area (Å²) in [4.78, 5) is 7.67. The first-order valence-corrected chi connectivity index (χ1v) is 23.6. The number of para-hydroxylation sites is 2. The van der Waals surface area contributed by atoms with E-state index in [9.17, 15) is 21.0 Å². The number of nitriles is 4. The van der Waals surface area contributed by atoms with Crippen LogP contribution in [0.15, 0.2) is 206 Å². The zero-order valence-corrected chi connectivity index (χ0v) is 39.2. The van der Waals surface area contributed by atoms with Gasteiger partial charge >= 0.3 is 0 Å². The van der Waals surface area contributed by atoms with Crippen molar-refractivity contribution in [1.82, 2.24) is 9.13 Å². The molecule has 0 aliphatic carbocycles. The van der Waals surface area contributed by atoms with Gasteiger partial charge in [0.05, 0.1) is 81.0 Å². The molecule has 8 heteroatoms. The van der Waals surface area contributed by atoms with E-state index < -0.39 is 0 Å². The van der Waals surface area contributed by atoms with Gasteiger partial charge in [0, 0.05) is 21.5 Å². The third-order valence-electron chi connectivity index (χ3n) is 14.0. The number of hydrogen-bond acceptors (Lipinski definition) is 4. The van der Waals surface area contributed by atoms with E-state index in [1.54, 1.807) is 12.1 Å². The molecule has 0 aliphatic heterocycles. The molecule has 12 aromatic rings. The lowest BCUT2D eigenvalue weighted by Gasteiger charge is -2.16. The van der Waals surface area contributed by atoms with Crippen LogP contribution in [-0.2, 0) is 0 Å². The Kier molecular flexibility index (Phi) is 10.7. The van der Waals surface area contributed by atoms with Crippen molar-refractivity contribution in [2.24, 2.45) is 0 Å². The molecule has 2 heterocycles. The molecule has 0 saturated heterocycles. The lowest BCUT2D eigenvalue weighted by molar-refractivity contribution is 1.16. The highest BCUT2D eigenvalue weighted by Crippen LogP contribution is 2.43. The largest absolute Gasteiger partial charge is 0.308 e. The molecule has 0 atom stereocenters. The maximum atomic E-state index is 10.9. The van der Waals surface area contributed by atoms with Crippen molar-refractivity contribution in [2.45, 2.75) is 0 Å². The fourth-order valence-corrected chi connectivity index (χ4v) is 10.5. The van der Waals surface area contributed by atoms with Crippen LogP contribution in [0.4, 0.5) is 11.4 Å². The van der Waals surface area contributed by atoms with Gasteiger partial charge in [-0.25, -0.2) is 9.69 Å². The molecule has 12 rings (SSSR count). The van der Waals surface area contributed by atoms with Crippen molar-refractivity contribution in [1.29, 1.82) is 21.0 Å². The molecule has 8 nitrogen and oxygen atoms in total. The zero-order chi connectivity index (χ0) is 50.5. The summed E-state index contributed by atoms with van der Waals surface area (Å²) in [5, 5.41) is 45.9. The van der Waals surface area contributed by atoms with Gasteiger partial charge < -0.3 is 9.13 Å². The van der Waals surface area contributed by atoms with Gasteiger partial charge in [-0.1, -0.05) is 146 Å². The van der Waals surface area contributed by atoms with E-state index >= 15 is 0 Å². The lowest BCUT2D eigenvalue weighted by atomic mass is 9.98. The number of hydrogen-bond donors (Lipinski definition) is 0. The van der Waals surface area contributed by atoms with Crippen LogP contribution in [0.5, 0.6) is 0 Å². The Morgan fingerprint density at radius 2 is 0.595 bits per heavy atom. The second-order valence-corrected chi connectivity index (χ2v) is 17.9. The number of fused-ring (bicyclic) bond motifs is 6. The average molecular weight is 939 g/mol. The fourth-order valence-electron chi connectivity index (χ4n) is 10.5. The molecule has 0 N–H and O–H groups in total. The maximum Gasteiger partial charge on any atom is 0.194 e. The summed E-state index contributed by atoms with van der Waals surface area (Å²) in [5.74, 6) is 0. The van der Waals surface area contributed by atoms with E-state index in [-0.39, 0.29) is 0 Å². The van der Waals surface area contributed by atoms with Crippen molar-refractivity contribution in [3.05, 3.63) is 251 Å². The summed E-state index contributed by atoms with van der Waals surface area (Å²) >= 11 is 0. The van der Waals surface area contributed by atoms with E-state index in [1.165, 1.54) is 0 Å². The van der Waals surface area contributed by atoms with Gasteiger partial charge in [0.1, 0.15) is 12.1 Å². The second-order valence-electron chi connectivity index (χ2n) is 17.9. The molecule has 2 aromatic heterocycles. The first kappa shape index (κ1) is 44.0. The fraction of sp³-hybridized carbons (Fsp3) is 0. The maximum absolute atomic E-state index is 10.9. The summed E-state index contributed by atoms with van der Waals surface area (Å²) < 4.78 is 4.21. The second kappa shape index (κ2) is 17.9. The molecule has 0 unspecified atom stereocenters. The number of rotatable bonds is 7. The Morgan fingerprint density at radius 1 is 0.297 bits per heavy atom. The molecule has 338 valence electrons. The van der Waals surface area contributed by atoms with E-state index in [4.69, 9.17) is 13.1 Å². The predicted octanol–water partition coefficient (Wildman–Crippen LogP) is 16.8. The highest BCUT2D eigenvalue weighted by molar-refractivity contribution is 6.13. The van der Waals surface area contributed by atoms with E-state index in [1.807, 2.05) is 146 Å². The first-order valence-electron chi connectivity index (χ1n) is 23.6. The summed E-state index contributed by atoms with van der Waals surface area (Å²) in [6.45, 7) is 15.9. The predicted molar refractivity (Wildman–Crippen MR) is 294 cm³/mol. The van der Waals surface area contributed by atoms with Crippen LogP contribution < -0.4 is 0 Å². The Labute approximate surface area is 425 Å². The van der Waals surface area contributed by atoms with Crippen molar-refractivity contribution < 1.29 is 0 Å². The van der Waals surface area contributed by atoms with Gasteiger partial charge in [-0.15, -0.1) is 0 Å². The normalized spacial score (nSPS) is 10.9. The average Bonchev–Trinajstić information content (AvgIpc) is 3.97. The highest BCUT2D eigenvalue weighted by Gasteiger charge is 2.22. The van der Waals surface area contributed by atoms with Crippen LogP contribution in [0.3, 0.4) is 0 Å². The van der Waals surface area contributed by atoms with Crippen molar-refractivity contribution in [3.8, 4) is 91.3 Å².